The van der Waals surface area contributed by atoms with E-state index in [-0.39, 0.29) is 0 Å². The van der Waals surface area contributed by atoms with Crippen molar-refractivity contribution < 1.29 is 5.11 Å². The number of β-amino-alcohol motifs (C(OH)–C–C–N with tert-alkyl or cyclic N) is 1. The van der Waals surface area contributed by atoms with Crippen molar-refractivity contribution in [3.63, 3.8) is 0 Å². The highest BCUT2D eigenvalue weighted by Crippen LogP contribution is 2.27. The van der Waals surface area contributed by atoms with Crippen molar-refractivity contribution >= 4 is 0 Å². The van der Waals surface area contributed by atoms with E-state index in [1.54, 1.807) is 0 Å². The van der Waals surface area contributed by atoms with Crippen molar-refractivity contribution in [1.29, 1.82) is 0 Å². The van der Waals surface area contributed by atoms with E-state index in [2.05, 4.69) is 4.90 Å². The second kappa shape index (κ2) is 4.19. The summed E-state index contributed by atoms with van der Waals surface area (Å²) in [5.41, 5.74) is -0.408. The molecule has 1 aliphatic heterocycles. The summed E-state index contributed by atoms with van der Waals surface area (Å²) in [4.78, 5) is 2.45. The van der Waals surface area contributed by atoms with Gasteiger partial charge in [-0.25, -0.2) is 0 Å². The fourth-order valence-electron chi connectivity index (χ4n) is 2.93. The summed E-state index contributed by atoms with van der Waals surface area (Å²) in [6, 6.07) is 0. The van der Waals surface area contributed by atoms with Gasteiger partial charge in [0, 0.05) is 19.6 Å². The van der Waals surface area contributed by atoms with E-state index in [1.807, 2.05) is 6.92 Å². The Morgan fingerprint density at radius 3 is 2.57 bits per heavy atom. The van der Waals surface area contributed by atoms with Crippen LogP contribution in [0.4, 0.5) is 0 Å². The van der Waals surface area contributed by atoms with Crippen LogP contribution in [0.3, 0.4) is 0 Å². The van der Waals surface area contributed by atoms with E-state index in [0.29, 0.717) is 0 Å². The third-order valence-electron chi connectivity index (χ3n) is 3.77. The summed E-state index contributed by atoms with van der Waals surface area (Å²) in [5.74, 6) is 0.914. The molecule has 2 heteroatoms. The predicted octanol–water partition coefficient (Wildman–Crippen LogP) is 2.02. The van der Waals surface area contributed by atoms with Gasteiger partial charge in [-0.2, -0.15) is 0 Å². The lowest BCUT2D eigenvalue weighted by molar-refractivity contribution is 0.0656. The second-order valence-corrected chi connectivity index (χ2v) is 5.49. The van der Waals surface area contributed by atoms with Crippen LogP contribution in [0.5, 0.6) is 0 Å². The van der Waals surface area contributed by atoms with Crippen LogP contribution in [0, 0.1) is 5.92 Å². The highest BCUT2D eigenvalue weighted by Gasteiger charge is 2.32. The normalized spacial score (nSPS) is 36.4. The van der Waals surface area contributed by atoms with Crippen LogP contribution in [-0.4, -0.2) is 35.2 Å². The molecular formula is C12H23NO. The Morgan fingerprint density at radius 1 is 1.29 bits per heavy atom. The predicted molar refractivity (Wildman–Crippen MR) is 58.3 cm³/mol. The highest BCUT2D eigenvalue weighted by molar-refractivity contribution is 4.87. The van der Waals surface area contributed by atoms with Crippen molar-refractivity contribution in [2.45, 2.75) is 51.0 Å². The lowest BCUT2D eigenvalue weighted by Crippen LogP contribution is -2.33. The number of nitrogens with zero attached hydrogens (tertiary/aromatic N) is 1. The molecule has 1 atom stereocenters. The Bertz CT molecular complexity index is 185. The van der Waals surface area contributed by atoms with Gasteiger partial charge >= 0.3 is 0 Å². The molecule has 1 N–H and O–H groups in total. The monoisotopic (exact) mass is 197 g/mol. The lowest BCUT2D eigenvalue weighted by atomic mass is 9.89. The number of hydrogen-bond donors (Lipinski definition) is 1. The number of hydrogen-bond acceptors (Lipinski definition) is 2. The smallest absolute Gasteiger partial charge is 0.0758 e. The second-order valence-electron chi connectivity index (χ2n) is 5.49. The maximum atomic E-state index is 9.85. The van der Waals surface area contributed by atoms with E-state index < -0.39 is 5.60 Å². The molecule has 1 heterocycles. The average Bonchev–Trinajstić information content (AvgIpc) is 2.47. The molecule has 1 aliphatic carbocycles. The van der Waals surface area contributed by atoms with Gasteiger partial charge < -0.3 is 10.0 Å². The average molecular weight is 197 g/mol. The molecule has 0 aromatic rings. The molecule has 2 aliphatic rings. The Labute approximate surface area is 87.3 Å². The van der Waals surface area contributed by atoms with Gasteiger partial charge in [-0.15, -0.1) is 0 Å². The molecule has 0 bridgehead atoms. The van der Waals surface area contributed by atoms with E-state index in [4.69, 9.17) is 0 Å². The molecule has 1 unspecified atom stereocenters. The maximum Gasteiger partial charge on any atom is 0.0758 e. The molecule has 1 saturated carbocycles. The molecular weight excluding hydrogens is 174 g/mol. The van der Waals surface area contributed by atoms with Gasteiger partial charge in [0.15, 0.2) is 0 Å². The highest BCUT2D eigenvalue weighted by atomic mass is 16.3. The van der Waals surface area contributed by atoms with Gasteiger partial charge in [0.2, 0.25) is 0 Å². The van der Waals surface area contributed by atoms with Crippen molar-refractivity contribution in [2.24, 2.45) is 5.92 Å². The summed E-state index contributed by atoms with van der Waals surface area (Å²) in [5, 5.41) is 9.85. The lowest BCUT2D eigenvalue weighted by Gasteiger charge is -2.27. The summed E-state index contributed by atoms with van der Waals surface area (Å²) < 4.78 is 0. The van der Waals surface area contributed by atoms with Crippen LogP contribution >= 0.6 is 0 Å². The Morgan fingerprint density at radius 2 is 2.00 bits per heavy atom. The van der Waals surface area contributed by atoms with Crippen LogP contribution in [-0.2, 0) is 0 Å². The summed E-state index contributed by atoms with van der Waals surface area (Å²) in [6.07, 6.45) is 8.08. The third kappa shape index (κ3) is 2.71. The number of likely N-dealkylation sites (tertiary alicyclic amines) is 1. The summed E-state index contributed by atoms with van der Waals surface area (Å²) in [7, 11) is 0. The quantitative estimate of drug-likeness (QED) is 0.732. The zero-order valence-corrected chi connectivity index (χ0v) is 9.34. The molecule has 82 valence electrons. The van der Waals surface area contributed by atoms with Crippen molar-refractivity contribution in [1.82, 2.24) is 4.90 Å². The zero-order valence-electron chi connectivity index (χ0n) is 9.34. The van der Waals surface area contributed by atoms with Crippen LogP contribution < -0.4 is 0 Å². The fourth-order valence-corrected chi connectivity index (χ4v) is 2.93. The molecule has 2 nitrogen and oxygen atoms in total. The Balaban J connectivity index is 1.75. The molecule has 0 spiro atoms. The largest absolute Gasteiger partial charge is 0.389 e. The van der Waals surface area contributed by atoms with E-state index >= 15 is 0 Å². The van der Waals surface area contributed by atoms with Crippen molar-refractivity contribution in [2.75, 3.05) is 19.6 Å². The first-order valence-corrected chi connectivity index (χ1v) is 6.10. The number of rotatable bonds is 2. The van der Waals surface area contributed by atoms with Gasteiger partial charge in [-0.1, -0.05) is 19.3 Å². The standard InChI is InChI=1S/C12H23NO/c1-12(14)7-8-13(10-12)9-11-5-3-2-4-6-11/h11,14H,2-10H2,1H3. The van der Waals surface area contributed by atoms with E-state index in [9.17, 15) is 5.11 Å². The first-order valence-electron chi connectivity index (χ1n) is 6.10. The van der Waals surface area contributed by atoms with Crippen LogP contribution in [0.2, 0.25) is 0 Å². The van der Waals surface area contributed by atoms with Gasteiger partial charge in [0.25, 0.3) is 0 Å². The van der Waals surface area contributed by atoms with E-state index in [0.717, 1.165) is 25.4 Å². The van der Waals surface area contributed by atoms with Gasteiger partial charge in [-0.05, 0) is 32.1 Å². The first kappa shape index (κ1) is 10.4. The Kier molecular flexibility index (Phi) is 3.13. The molecule has 2 rings (SSSR count). The molecule has 0 aromatic heterocycles. The van der Waals surface area contributed by atoms with Gasteiger partial charge in [0.05, 0.1) is 5.60 Å². The van der Waals surface area contributed by atoms with Crippen LogP contribution in [0.1, 0.15) is 45.4 Å². The molecule has 1 saturated heterocycles. The minimum atomic E-state index is -0.408. The topological polar surface area (TPSA) is 23.5 Å². The van der Waals surface area contributed by atoms with Crippen molar-refractivity contribution in [3.05, 3.63) is 0 Å². The molecule has 0 aromatic carbocycles. The minimum absolute atomic E-state index is 0.408. The number of aliphatic hydroxyl groups is 1. The van der Waals surface area contributed by atoms with E-state index in [1.165, 1.54) is 38.6 Å². The molecule has 14 heavy (non-hydrogen) atoms. The van der Waals surface area contributed by atoms with Gasteiger partial charge in [0.1, 0.15) is 0 Å². The maximum absolute atomic E-state index is 9.85. The zero-order chi connectivity index (χ0) is 10.0. The third-order valence-corrected chi connectivity index (χ3v) is 3.77. The SMILES string of the molecule is CC1(O)CCN(CC2CCCCC2)C1. The fraction of sp³-hybridized carbons (Fsp3) is 1.00. The molecule has 0 amide bonds. The molecule has 0 radical (unpaired) electrons. The summed E-state index contributed by atoms with van der Waals surface area (Å²) in [6.45, 7) is 5.19. The Hall–Kier alpha value is -0.0800. The van der Waals surface area contributed by atoms with Crippen LogP contribution in [0.25, 0.3) is 0 Å². The van der Waals surface area contributed by atoms with Crippen LogP contribution in [0.15, 0.2) is 0 Å². The molecule has 2 fully saturated rings. The van der Waals surface area contributed by atoms with Crippen molar-refractivity contribution in [3.8, 4) is 0 Å². The minimum Gasteiger partial charge on any atom is -0.389 e. The summed E-state index contributed by atoms with van der Waals surface area (Å²) >= 11 is 0. The van der Waals surface area contributed by atoms with Gasteiger partial charge in [-0.3, -0.25) is 0 Å². The first-order chi connectivity index (χ1) is 6.66.